The van der Waals surface area contributed by atoms with Crippen molar-refractivity contribution in [1.82, 2.24) is 15.1 Å². The van der Waals surface area contributed by atoms with Gasteiger partial charge < -0.3 is 25.3 Å². The first kappa shape index (κ1) is 16.2. The molecule has 8 heteroatoms. The van der Waals surface area contributed by atoms with Crippen LogP contribution >= 0.6 is 0 Å². The number of hydrogen-bond donors (Lipinski definition) is 3. The smallest absolute Gasteiger partial charge is 0.332 e. The van der Waals surface area contributed by atoms with E-state index in [9.17, 15) is 14.4 Å². The van der Waals surface area contributed by atoms with Crippen molar-refractivity contribution in [3.63, 3.8) is 0 Å². The maximum absolute atomic E-state index is 11.8. The van der Waals surface area contributed by atoms with Crippen LogP contribution in [0.5, 0.6) is 0 Å². The second-order valence-electron chi connectivity index (χ2n) is 4.82. The Balaban J connectivity index is 2.24. The van der Waals surface area contributed by atoms with Gasteiger partial charge in [0.25, 0.3) is 0 Å². The highest BCUT2D eigenvalue weighted by Gasteiger charge is 2.21. The average Bonchev–Trinajstić information content (AvgIpc) is 2.91. The first-order valence-corrected chi connectivity index (χ1v) is 6.59. The highest BCUT2D eigenvalue weighted by Crippen LogP contribution is 2.07. The van der Waals surface area contributed by atoms with E-state index < -0.39 is 18.1 Å². The predicted molar refractivity (Wildman–Crippen MR) is 70.1 cm³/mol. The van der Waals surface area contributed by atoms with Crippen molar-refractivity contribution in [3.05, 3.63) is 0 Å². The minimum Gasteiger partial charge on any atom is -0.479 e. The van der Waals surface area contributed by atoms with Crippen LogP contribution < -0.4 is 5.32 Å². The van der Waals surface area contributed by atoms with Gasteiger partial charge in [-0.15, -0.1) is 0 Å². The van der Waals surface area contributed by atoms with Crippen LogP contribution in [0.3, 0.4) is 0 Å². The third-order valence-corrected chi connectivity index (χ3v) is 3.16. The molecule has 3 N–H and O–H groups in total. The number of carbonyl (C=O) groups excluding carboxylic acids is 2. The van der Waals surface area contributed by atoms with Gasteiger partial charge in [-0.1, -0.05) is 0 Å². The zero-order valence-corrected chi connectivity index (χ0v) is 11.5. The fraction of sp³-hybridized carbons (Fsp3) is 0.750. The van der Waals surface area contributed by atoms with Gasteiger partial charge in [0.1, 0.15) is 6.54 Å². The standard InChI is InChI=1S/C12H21N3O5/c1-14(8-10(17)15-6-2-3-7-15)12(20)13-5-4-9(16)11(18)19/h9,16H,2-8H2,1H3,(H,13,20)(H,18,19). The summed E-state index contributed by atoms with van der Waals surface area (Å²) >= 11 is 0. The second-order valence-corrected chi connectivity index (χ2v) is 4.82. The fourth-order valence-corrected chi connectivity index (χ4v) is 1.92. The van der Waals surface area contributed by atoms with E-state index in [1.54, 1.807) is 4.90 Å². The lowest BCUT2D eigenvalue weighted by molar-refractivity contribution is -0.146. The molecular weight excluding hydrogens is 266 g/mol. The van der Waals surface area contributed by atoms with E-state index in [-0.39, 0.29) is 25.4 Å². The molecule has 1 saturated heterocycles. The third-order valence-electron chi connectivity index (χ3n) is 3.16. The Morgan fingerprint density at radius 1 is 1.30 bits per heavy atom. The molecule has 1 fully saturated rings. The van der Waals surface area contributed by atoms with Crippen molar-refractivity contribution < 1.29 is 24.6 Å². The van der Waals surface area contributed by atoms with Crippen molar-refractivity contribution in [2.75, 3.05) is 33.2 Å². The van der Waals surface area contributed by atoms with Gasteiger partial charge in [-0.3, -0.25) is 4.79 Å². The SMILES string of the molecule is CN(CC(=O)N1CCCC1)C(=O)NCCC(O)C(=O)O. The van der Waals surface area contributed by atoms with Crippen LogP contribution in [0.2, 0.25) is 0 Å². The second kappa shape index (κ2) is 7.68. The van der Waals surface area contributed by atoms with E-state index in [0.29, 0.717) is 0 Å². The number of nitrogens with one attached hydrogen (secondary N) is 1. The van der Waals surface area contributed by atoms with Crippen LogP contribution in [0.1, 0.15) is 19.3 Å². The molecule has 0 aromatic rings. The van der Waals surface area contributed by atoms with E-state index in [1.165, 1.54) is 11.9 Å². The Morgan fingerprint density at radius 2 is 1.90 bits per heavy atom. The molecule has 0 spiro atoms. The van der Waals surface area contributed by atoms with Crippen molar-refractivity contribution in [2.45, 2.75) is 25.4 Å². The lowest BCUT2D eigenvalue weighted by atomic mass is 10.2. The molecule has 0 radical (unpaired) electrons. The van der Waals surface area contributed by atoms with Crippen LogP contribution in [0, 0.1) is 0 Å². The van der Waals surface area contributed by atoms with Crippen LogP contribution in [0.4, 0.5) is 4.79 Å². The van der Waals surface area contributed by atoms with E-state index in [2.05, 4.69) is 5.32 Å². The Labute approximate surface area is 117 Å². The molecule has 3 amide bonds. The summed E-state index contributed by atoms with van der Waals surface area (Å²) in [6.45, 7) is 1.50. The molecule has 1 heterocycles. The van der Waals surface area contributed by atoms with Gasteiger partial charge >= 0.3 is 12.0 Å². The van der Waals surface area contributed by atoms with Crippen molar-refractivity contribution in [1.29, 1.82) is 0 Å². The van der Waals surface area contributed by atoms with Gasteiger partial charge in [0.15, 0.2) is 6.10 Å². The maximum Gasteiger partial charge on any atom is 0.332 e. The van der Waals surface area contributed by atoms with E-state index >= 15 is 0 Å². The number of carboxylic acids is 1. The van der Waals surface area contributed by atoms with Crippen LogP contribution in [0.15, 0.2) is 0 Å². The molecule has 1 aliphatic rings. The molecule has 0 bridgehead atoms. The number of aliphatic hydroxyl groups excluding tert-OH is 1. The molecule has 0 aliphatic carbocycles. The third kappa shape index (κ3) is 5.04. The van der Waals surface area contributed by atoms with Gasteiger partial charge in [-0.2, -0.15) is 0 Å². The quantitative estimate of drug-likeness (QED) is 0.585. The van der Waals surface area contributed by atoms with Gasteiger partial charge in [0, 0.05) is 33.1 Å². The highest BCUT2D eigenvalue weighted by atomic mass is 16.4. The summed E-state index contributed by atoms with van der Waals surface area (Å²) < 4.78 is 0. The minimum atomic E-state index is -1.49. The number of likely N-dealkylation sites (tertiary alicyclic amines) is 1. The number of hydrogen-bond acceptors (Lipinski definition) is 4. The van der Waals surface area contributed by atoms with Crippen LogP contribution in [-0.2, 0) is 9.59 Å². The van der Waals surface area contributed by atoms with Gasteiger partial charge in [0.05, 0.1) is 0 Å². The van der Waals surface area contributed by atoms with Crippen molar-refractivity contribution >= 4 is 17.9 Å². The van der Waals surface area contributed by atoms with Gasteiger partial charge in [0.2, 0.25) is 5.91 Å². The normalized spacial score (nSPS) is 15.8. The van der Waals surface area contributed by atoms with Gasteiger partial charge in [-0.05, 0) is 12.8 Å². The molecule has 1 atom stereocenters. The molecule has 0 saturated carbocycles. The minimum absolute atomic E-state index is 0.00663. The summed E-state index contributed by atoms with van der Waals surface area (Å²) in [6.07, 6.45) is 0.421. The van der Waals surface area contributed by atoms with Crippen molar-refractivity contribution in [2.24, 2.45) is 0 Å². The molecule has 1 aliphatic heterocycles. The Hall–Kier alpha value is -1.83. The summed E-state index contributed by atoms with van der Waals surface area (Å²) in [6, 6.07) is -0.463. The van der Waals surface area contributed by atoms with Crippen LogP contribution in [0.25, 0.3) is 0 Å². The highest BCUT2D eigenvalue weighted by molar-refractivity contribution is 5.84. The number of carbonyl (C=O) groups is 3. The zero-order valence-electron chi connectivity index (χ0n) is 11.5. The average molecular weight is 287 g/mol. The zero-order chi connectivity index (χ0) is 15.1. The molecule has 0 aromatic heterocycles. The number of amides is 3. The van der Waals surface area contributed by atoms with Crippen LogP contribution in [-0.4, -0.2) is 77.3 Å². The molecule has 114 valence electrons. The predicted octanol–water partition coefficient (Wildman–Crippen LogP) is -0.914. The topological polar surface area (TPSA) is 110 Å². The monoisotopic (exact) mass is 287 g/mol. The van der Waals surface area contributed by atoms with E-state index in [1.807, 2.05) is 0 Å². The van der Waals surface area contributed by atoms with E-state index in [0.717, 1.165) is 25.9 Å². The lowest BCUT2D eigenvalue weighted by Gasteiger charge is -2.21. The lowest BCUT2D eigenvalue weighted by Crippen LogP contribution is -2.44. The van der Waals surface area contributed by atoms with Crippen molar-refractivity contribution in [3.8, 4) is 0 Å². The Morgan fingerprint density at radius 3 is 2.45 bits per heavy atom. The maximum atomic E-state index is 11.8. The molecule has 1 rings (SSSR count). The number of rotatable bonds is 6. The Bertz CT molecular complexity index is 368. The number of aliphatic carboxylic acids is 1. The summed E-state index contributed by atoms with van der Waals surface area (Å²) in [5.41, 5.74) is 0. The molecule has 0 aromatic carbocycles. The first-order chi connectivity index (χ1) is 9.41. The number of carboxylic acid groups (broad SMARTS) is 1. The summed E-state index contributed by atoms with van der Waals surface area (Å²) in [4.78, 5) is 36.8. The number of nitrogens with zero attached hydrogens (tertiary/aromatic N) is 2. The summed E-state index contributed by atoms with van der Waals surface area (Å²) in [7, 11) is 1.50. The van der Waals surface area contributed by atoms with E-state index in [4.69, 9.17) is 10.2 Å². The largest absolute Gasteiger partial charge is 0.479 e. The number of likely N-dealkylation sites (N-methyl/N-ethyl adjacent to an activating group) is 1. The molecular formula is C12H21N3O5. The number of aliphatic hydroxyl groups is 1. The Kier molecular flexibility index (Phi) is 6.23. The molecule has 8 nitrogen and oxygen atoms in total. The fourth-order valence-electron chi connectivity index (χ4n) is 1.92. The molecule has 1 unspecified atom stereocenters. The van der Waals surface area contributed by atoms with Gasteiger partial charge in [-0.25, -0.2) is 9.59 Å². The number of urea groups is 1. The summed E-state index contributed by atoms with van der Waals surface area (Å²) in [5.74, 6) is -1.41. The first-order valence-electron chi connectivity index (χ1n) is 6.59. The molecule has 20 heavy (non-hydrogen) atoms. The summed E-state index contributed by atoms with van der Waals surface area (Å²) in [5, 5.41) is 20.0.